The number of sulfonamides is 1. The smallest absolute Gasteiger partial charge is 0.410 e. The van der Waals surface area contributed by atoms with Crippen LogP contribution < -0.4 is 10.8 Å². The molecule has 18 heteroatoms. The molecule has 3 aromatic carbocycles. The van der Waals surface area contributed by atoms with Gasteiger partial charge in [0.15, 0.2) is 6.10 Å². The summed E-state index contributed by atoms with van der Waals surface area (Å²) in [6.45, 7) is 4.27. The van der Waals surface area contributed by atoms with Crippen LogP contribution in [-0.4, -0.2) is 162 Å². The van der Waals surface area contributed by atoms with Gasteiger partial charge in [0.2, 0.25) is 10.0 Å². The maximum Gasteiger partial charge on any atom is 0.410 e. The lowest BCUT2D eigenvalue weighted by Gasteiger charge is -2.43. The summed E-state index contributed by atoms with van der Waals surface area (Å²) >= 11 is 0. The van der Waals surface area contributed by atoms with Gasteiger partial charge in [-0.05, 0) is 67.5 Å². The fourth-order valence-electron chi connectivity index (χ4n) is 8.77. The molecule has 0 saturated carbocycles. The Kier molecular flexibility index (Phi) is 11.3. The molecule has 16 nitrogen and oxygen atoms in total. The Morgan fingerprint density at radius 3 is 2.33 bits per heavy atom. The highest BCUT2D eigenvalue weighted by Crippen LogP contribution is 2.28. The molecule has 0 unspecified atom stereocenters. The highest BCUT2D eigenvalue weighted by molar-refractivity contribution is 7.88. The van der Waals surface area contributed by atoms with Gasteiger partial charge in [-0.25, -0.2) is 27.0 Å². The largest absolute Gasteiger partial charge is 0.506 e. The normalized spacial score (nSPS) is 19.7. The maximum atomic E-state index is 14.4. The monoisotopic (exact) mass is 809 g/mol. The minimum Gasteiger partial charge on any atom is -0.506 e. The first-order chi connectivity index (χ1) is 27.9. The molecular formula is C40H48BN9O7S. The molecule has 4 amide bonds. The summed E-state index contributed by atoms with van der Waals surface area (Å²) in [6.07, 6.45) is 2.71. The summed E-state index contributed by atoms with van der Waals surface area (Å²) in [5, 5.41) is 22.5. The van der Waals surface area contributed by atoms with Gasteiger partial charge in [-0.1, -0.05) is 47.1 Å². The average Bonchev–Trinajstić information content (AvgIpc) is 3.58. The number of nitrogens with zero attached hydrogens (tertiary/aromatic N) is 8. The quantitative estimate of drug-likeness (QED) is 0.251. The van der Waals surface area contributed by atoms with Crippen LogP contribution in [0.5, 0.6) is 5.75 Å². The van der Waals surface area contributed by atoms with E-state index < -0.39 is 22.2 Å². The Morgan fingerprint density at radius 2 is 1.59 bits per heavy atom. The molecule has 3 fully saturated rings. The lowest BCUT2D eigenvalue weighted by atomic mass is 9.90. The van der Waals surface area contributed by atoms with Crippen molar-refractivity contribution in [3.05, 3.63) is 71.8 Å². The minimum absolute atomic E-state index is 0.0101. The number of piperidine rings is 2. The number of hydrogen-bond donors (Lipinski definition) is 2. The predicted molar refractivity (Wildman–Crippen MR) is 218 cm³/mol. The lowest BCUT2D eigenvalue weighted by Crippen LogP contribution is -2.57. The standard InChI is InChI=1S/C40H48BN9O7S/c1-58(55,56)48-17-13-29(14-18-48)45-20-22-46(23-21-45)38(52)36(26-27-24-31(41)37(51)35(25-27)50-34-9-5-4-8-33(34)43-44-50)57-40(54)47-15-11-30(12-16-47)49-19-10-28-6-2-3-7-32(28)42-39(49)53/h2-9,24-25,29-30,36,51H,10-23,26H2,1H3,(H,42,53)/t36-/m1/s1. The van der Waals surface area contributed by atoms with Gasteiger partial charge in [-0.15, -0.1) is 5.10 Å². The molecule has 5 heterocycles. The molecule has 58 heavy (non-hydrogen) atoms. The van der Waals surface area contributed by atoms with Gasteiger partial charge in [-0.3, -0.25) is 9.69 Å². The second-order valence-electron chi connectivity index (χ2n) is 15.6. The van der Waals surface area contributed by atoms with Crippen LogP contribution in [0.1, 0.15) is 36.8 Å². The number of phenols is 1. The molecule has 0 spiro atoms. The van der Waals surface area contributed by atoms with Crippen LogP contribution in [0.25, 0.3) is 16.7 Å². The number of urea groups is 1. The molecule has 3 saturated heterocycles. The molecule has 1 aromatic heterocycles. The summed E-state index contributed by atoms with van der Waals surface area (Å²) in [6, 6.07) is 18.4. The fourth-order valence-corrected chi connectivity index (χ4v) is 9.64. The van der Waals surface area contributed by atoms with Crippen LogP contribution in [-0.2, 0) is 32.4 Å². The van der Waals surface area contributed by atoms with Crippen molar-refractivity contribution < 1.29 is 32.6 Å². The Hall–Kier alpha value is -5.20. The number of amides is 4. The number of anilines is 1. The first-order valence-electron chi connectivity index (χ1n) is 19.9. The lowest BCUT2D eigenvalue weighted by molar-refractivity contribution is -0.143. The van der Waals surface area contributed by atoms with Gasteiger partial charge in [0.25, 0.3) is 5.91 Å². The van der Waals surface area contributed by atoms with E-state index in [2.05, 4.69) is 20.5 Å². The third kappa shape index (κ3) is 8.36. The average molecular weight is 810 g/mol. The van der Waals surface area contributed by atoms with Crippen LogP contribution in [0.4, 0.5) is 15.3 Å². The SMILES string of the molecule is [B]c1cc(C[C@@H](OC(=O)N2CCC(N3CCc4ccccc4NC3=O)CC2)C(=O)N2CCN(C3CCN(S(C)(=O)=O)CC3)CC2)cc(-n2nnc3ccccc32)c1O. The Morgan fingerprint density at radius 1 is 0.897 bits per heavy atom. The summed E-state index contributed by atoms with van der Waals surface area (Å²) in [7, 11) is 3.09. The molecule has 1 atom stereocenters. The zero-order valence-corrected chi connectivity index (χ0v) is 33.4. The summed E-state index contributed by atoms with van der Waals surface area (Å²) in [5.41, 5.74) is 4.09. The van der Waals surface area contributed by atoms with Crippen molar-refractivity contribution in [2.45, 2.75) is 56.7 Å². The predicted octanol–water partition coefficient (Wildman–Crippen LogP) is 2.09. The minimum atomic E-state index is -3.24. The molecule has 2 radical (unpaired) electrons. The van der Waals surface area contributed by atoms with Gasteiger partial charge < -0.3 is 29.9 Å². The molecule has 4 aliphatic heterocycles. The molecule has 0 bridgehead atoms. The topological polar surface area (TPSA) is 174 Å². The van der Waals surface area contributed by atoms with Crippen molar-refractivity contribution in [2.75, 3.05) is 70.5 Å². The van der Waals surface area contributed by atoms with Crippen molar-refractivity contribution in [1.82, 2.24) is 38.9 Å². The highest BCUT2D eigenvalue weighted by atomic mass is 32.2. The van der Waals surface area contributed by atoms with Crippen molar-refractivity contribution in [3.63, 3.8) is 0 Å². The van der Waals surface area contributed by atoms with E-state index in [0.29, 0.717) is 88.3 Å². The number of piperazine rings is 1. The Bertz CT molecular complexity index is 2280. The number of hydrogen-bond acceptors (Lipinski definition) is 10. The number of ether oxygens (including phenoxy) is 1. The van der Waals surface area contributed by atoms with Crippen molar-refractivity contribution in [1.29, 1.82) is 0 Å². The summed E-state index contributed by atoms with van der Waals surface area (Å²) in [5.74, 6) is -0.530. The van der Waals surface area contributed by atoms with Crippen LogP contribution in [0.3, 0.4) is 0 Å². The number of likely N-dealkylation sites (tertiary alicyclic amines) is 1. The van der Waals surface area contributed by atoms with Crippen molar-refractivity contribution in [2.24, 2.45) is 0 Å². The van der Waals surface area contributed by atoms with E-state index in [1.165, 1.54) is 15.2 Å². The molecule has 8 rings (SSSR count). The number of aromatic nitrogens is 3. The maximum absolute atomic E-state index is 14.4. The number of phenolic OH excluding ortho intramolecular Hbond substituents is 1. The third-order valence-electron chi connectivity index (χ3n) is 12.0. The number of rotatable bonds is 8. The second kappa shape index (κ2) is 16.6. The first kappa shape index (κ1) is 39.6. The number of fused-ring (bicyclic) bond motifs is 2. The van der Waals surface area contributed by atoms with Crippen molar-refractivity contribution in [3.8, 4) is 11.4 Å². The van der Waals surface area contributed by atoms with Gasteiger partial charge >= 0.3 is 12.1 Å². The fraction of sp³-hybridized carbons (Fsp3) is 0.475. The molecular weight excluding hydrogens is 761 g/mol. The van der Waals surface area contributed by atoms with E-state index in [4.69, 9.17) is 12.6 Å². The van der Waals surface area contributed by atoms with E-state index in [1.807, 2.05) is 47.4 Å². The summed E-state index contributed by atoms with van der Waals surface area (Å²) < 4.78 is 33.2. The van der Waals surface area contributed by atoms with Crippen molar-refractivity contribution >= 4 is 58.1 Å². The first-order valence-corrected chi connectivity index (χ1v) is 21.8. The molecule has 2 N–H and O–H groups in total. The molecule has 4 aliphatic rings. The zero-order chi connectivity index (χ0) is 40.6. The van der Waals surface area contributed by atoms with Crippen LogP contribution in [0.15, 0.2) is 60.7 Å². The number of para-hydroxylation sites is 2. The highest BCUT2D eigenvalue weighted by Gasteiger charge is 2.37. The van der Waals surface area contributed by atoms with Gasteiger partial charge in [0.05, 0.1) is 11.8 Å². The molecule has 4 aromatic rings. The number of carbonyl (C=O) groups excluding carboxylic acids is 3. The zero-order valence-electron chi connectivity index (χ0n) is 32.6. The van der Waals surface area contributed by atoms with E-state index in [0.717, 1.165) is 30.5 Å². The van der Waals surface area contributed by atoms with Crippen LogP contribution in [0.2, 0.25) is 0 Å². The van der Waals surface area contributed by atoms with Gasteiger partial charge in [0.1, 0.15) is 24.8 Å². The van der Waals surface area contributed by atoms with Crippen LogP contribution >= 0.6 is 0 Å². The summed E-state index contributed by atoms with van der Waals surface area (Å²) in [4.78, 5) is 49.0. The van der Waals surface area contributed by atoms with Gasteiger partial charge in [-0.2, -0.15) is 0 Å². The second-order valence-corrected chi connectivity index (χ2v) is 17.6. The number of benzene rings is 3. The van der Waals surface area contributed by atoms with E-state index in [1.54, 1.807) is 28.0 Å². The molecule has 304 valence electrons. The Labute approximate surface area is 339 Å². The number of nitrogens with one attached hydrogen (secondary N) is 1. The van der Waals surface area contributed by atoms with E-state index in [-0.39, 0.29) is 47.3 Å². The van der Waals surface area contributed by atoms with Gasteiger partial charge in [0, 0.05) is 83.1 Å². The molecule has 0 aliphatic carbocycles. The van der Waals surface area contributed by atoms with E-state index >= 15 is 0 Å². The van der Waals surface area contributed by atoms with Crippen LogP contribution in [0, 0.1) is 0 Å². The number of aromatic hydroxyl groups is 1. The third-order valence-corrected chi connectivity index (χ3v) is 13.3. The Balaban J connectivity index is 0.966. The van der Waals surface area contributed by atoms with E-state index in [9.17, 15) is 27.9 Å². The number of carbonyl (C=O) groups is 3.